The summed E-state index contributed by atoms with van der Waals surface area (Å²) in [7, 11) is 1.20. The minimum absolute atomic E-state index is 0.0355. The zero-order valence-electron chi connectivity index (χ0n) is 12.7. The van der Waals surface area contributed by atoms with Gasteiger partial charge in [-0.1, -0.05) is 6.07 Å². The number of ether oxygens (including phenoxy) is 2. The van der Waals surface area contributed by atoms with Crippen molar-refractivity contribution in [1.82, 2.24) is 4.98 Å². The van der Waals surface area contributed by atoms with Crippen molar-refractivity contribution in [3.8, 4) is 5.75 Å². The van der Waals surface area contributed by atoms with Gasteiger partial charge in [0.1, 0.15) is 18.3 Å². The van der Waals surface area contributed by atoms with Crippen LogP contribution in [0.15, 0.2) is 39.8 Å². The molecule has 2 aromatic heterocycles. The van der Waals surface area contributed by atoms with E-state index in [9.17, 15) is 14.7 Å². The molecule has 0 bridgehead atoms. The average molecular weight is 330 g/mol. The Balaban J connectivity index is 2.27. The van der Waals surface area contributed by atoms with Gasteiger partial charge in [-0.05, 0) is 11.6 Å². The van der Waals surface area contributed by atoms with Gasteiger partial charge in [-0.15, -0.1) is 0 Å². The third-order valence-electron chi connectivity index (χ3n) is 3.75. The monoisotopic (exact) mass is 330 g/mol. The van der Waals surface area contributed by atoms with Crippen molar-refractivity contribution < 1.29 is 23.8 Å². The molecule has 2 atom stereocenters. The zero-order chi connectivity index (χ0) is 17.3. The molecule has 8 nitrogen and oxygen atoms in total. The highest BCUT2D eigenvalue weighted by molar-refractivity contribution is 6.00. The first-order valence-electron chi connectivity index (χ1n) is 7.08. The maximum atomic E-state index is 12.2. The van der Waals surface area contributed by atoms with E-state index in [4.69, 9.17) is 19.3 Å². The Morgan fingerprint density at radius 1 is 1.50 bits per heavy atom. The van der Waals surface area contributed by atoms with Gasteiger partial charge in [0.15, 0.2) is 5.76 Å². The maximum Gasteiger partial charge on any atom is 0.319 e. The average Bonchev–Trinajstić information content (AvgIpc) is 2.61. The predicted octanol–water partition coefficient (Wildman–Crippen LogP) is 0.818. The Kier molecular flexibility index (Phi) is 4.13. The number of aromatic nitrogens is 1. The fourth-order valence-electron chi connectivity index (χ4n) is 2.68. The van der Waals surface area contributed by atoms with E-state index < -0.39 is 35.7 Å². The highest BCUT2D eigenvalue weighted by Gasteiger charge is 2.45. The summed E-state index contributed by atoms with van der Waals surface area (Å²) in [6, 6.07) is 4.45. The van der Waals surface area contributed by atoms with Crippen molar-refractivity contribution in [2.24, 2.45) is 5.92 Å². The van der Waals surface area contributed by atoms with Gasteiger partial charge in [0.05, 0.1) is 13.0 Å². The third-order valence-corrected chi connectivity index (χ3v) is 3.75. The number of hydrogen-bond donors (Lipinski definition) is 2. The molecule has 2 N–H and O–H groups in total. The van der Waals surface area contributed by atoms with Crippen LogP contribution in [-0.4, -0.2) is 29.1 Å². The molecule has 0 saturated carbocycles. The van der Waals surface area contributed by atoms with Gasteiger partial charge in [0.25, 0.3) is 0 Å². The number of aliphatic hydroxyl groups excluding tert-OH is 1. The number of pyridine rings is 1. The lowest BCUT2D eigenvalue weighted by Gasteiger charge is -2.30. The molecule has 3 rings (SSSR count). The summed E-state index contributed by atoms with van der Waals surface area (Å²) in [5.74, 6) is -3.13. The summed E-state index contributed by atoms with van der Waals surface area (Å²) in [5, 5.41) is 17.3. The van der Waals surface area contributed by atoms with Gasteiger partial charge in [-0.3, -0.25) is 20.0 Å². The molecular weight excluding hydrogens is 316 g/mol. The van der Waals surface area contributed by atoms with Gasteiger partial charge in [-0.25, -0.2) is 0 Å². The van der Waals surface area contributed by atoms with Gasteiger partial charge in [0.2, 0.25) is 17.1 Å². The summed E-state index contributed by atoms with van der Waals surface area (Å²) in [5.41, 5.74) is 0.0164. The van der Waals surface area contributed by atoms with E-state index in [1.165, 1.54) is 13.3 Å². The molecule has 8 heteroatoms. The van der Waals surface area contributed by atoms with Gasteiger partial charge >= 0.3 is 5.97 Å². The minimum atomic E-state index is -1.12. The molecule has 2 aromatic rings. The number of carbonyl (C=O) groups is 1. The van der Waals surface area contributed by atoms with Crippen LogP contribution in [0.2, 0.25) is 0 Å². The van der Waals surface area contributed by atoms with Crippen LogP contribution in [0.5, 0.6) is 5.75 Å². The van der Waals surface area contributed by atoms with Crippen LogP contribution in [0, 0.1) is 11.3 Å². The summed E-state index contributed by atoms with van der Waals surface area (Å²) < 4.78 is 15.6. The topological polar surface area (TPSA) is 123 Å². The zero-order valence-corrected chi connectivity index (χ0v) is 12.7. The van der Waals surface area contributed by atoms with Gasteiger partial charge in [-0.2, -0.15) is 0 Å². The SMILES string of the molecule is COC(=O)C1C(=N)Oc2c(oc(CO)cc2=O)C1c1cccnc1. The molecule has 0 spiro atoms. The molecular formula is C16H14N2O6. The second kappa shape index (κ2) is 6.25. The van der Waals surface area contributed by atoms with Crippen LogP contribution in [0.4, 0.5) is 0 Å². The molecule has 0 saturated heterocycles. The van der Waals surface area contributed by atoms with Crippen LogP contribution in [0.25, 0.3) is 0 Å². The Bertz CT molecular complexity index is 845. The number of methoxy groups -OCH3 is 1. The van der Waals surface area contributed by atoms with E-state index in [-0.39, 0.29) is 17.3 Å². The van der Waals surface area contributed by atoms with E-state index in [2.05, 4.69) is 4.98 Å². The van der Waals surface area contributed by atoms with Crippen LogP contribution in [0.1, 0.15) is 23.0 Å². The molecule has 1 aliphatic rings. The summed E-state index contributed by atoms with van der Waals surface area (Å²) >= 11 is 0. The van der Waals surface area contributed by atoms with Gasteiger partial charge < -0.3 is 19.0 Å². The number of nitrogens with zero attached hydrogens (tertiary/aromatic N) is 1. The summed E-state index contributed by atoms with van der Waals surface area (Å²) in [6.07, 6.45) is 3.07. The van der Waals surface area contributed by atoms with Crippen molar-refractivity contribution >= 4 is 11.9 Å². The number of fused-ring (bicyclic) bond motifs is 1. The molecule has 0 amide bonds. The first kappa shape index (κ1) is 15.9. The lowest BCUT2D eigenvalue weighted by molar-refractivity contribution is -0.144. The molecule has 2 unspecified atom stereocenters. The normalized spacial score (nSPS) is 19.3. The van der Waals surface area contributed by atoms with Crippen molar-refractivity contribution in [3.63, 3.8) is 0 Å². The van der Waals surface area contributed by atoms with Crippen LogP contribution in [0.3, 0.4) is 0 Å². The molecule has 0 aromatic carbocycles. The van der Waals surface area contributed by atoms with E-state index in [1.807, 2.05) is 0 Å². The van der Waals surface area contributed by atoms with E-state index in [1.54, 1.807) is 18.3 Å². The fraction of sp³-hybridized carbons (Fsp3) is 0.250. The van der Waals surface area contributed by atoms with Crippen LogP contribution < -0.4 is 10.2 Å². The largest absolute Gasteiger partial charge is 0.468 e. The molecule has 1 aliphatic heterocycles. The number of hydrogen-bond acceptors (Lipinski definition) is 8. The first-order chi connectivity index (χ1) is 11.6. The molecule has 24 heavy (non-hydrogen) atoms. The van der Waals surface area contributed by atoms with Gasteiger partial charge in [0, 0.05) is 18.5 Å². The summed E-state index contributed by atoms with van der Waals surface area (Å²) in [6.45, 7) is -0.484. The Labute approximate surface area is 136 Å². The lowest BCUT2D eigenvalue weighted by atomic mass is 9.82. The quantitative estimate of drug-likeness (QED) is 0.799. The van der Waals surface area contributed by atoms with Crippen LogP contribution in [-0.2, 0) is 16.1 Å². The second-order valence-corrected chi connectivity index (χ2v) is 5.16. The van der Waals surface area contributed by atoms with E-state index >= 15 is 0 Å². The number of carbonyl (C=O) groups excluding carboxylic acids is 1. The number of aliphatic hydroxyl groups is 1. The van der Waals surface area contributed by atoms with Crippen molar-refractivity contribution in [1.29, 1.82) is 5.41 Å². The second-order valence-electron chi connectivity index (χ2n) is 5.16. The van der Waals surface area contributed by atoms with Crippen molar-refractivity contribution in [2.45, 2.75) is 12.5 Å². The van der Waals surface area contributed by atoms with Crippen molar-refractivity contribution in [2.75, 3.05) is 7.11 Å². The summed E-state index contributed by atoms with van der Waals surface area (Å²) in [4.78, 5) is 28.4. The Morgan fingerprint density at radius 2 is 2.29 bits per heavy atom. The minimum Gasteiger partial charge on any atom is -0.468 e. The smallest absolute Gasteiger partial charge is 0.319 e. The molecule has 0 radical (unpaired) electrons. The van der Waals surface area contributed by atoms with Crippen molar-refractivity contribution in [3.05, 3.63) is 57.9 Å². The molecule has 3 heterocycles. The third kappa shape index (κ3) is 2.56. The first-order valence-corrected chi connectivity index (χ1v) is 7.08. The van der Waals surface area contributed by atoms with E-state index in [0.717, 1.165) is 6.07 Å². The molecule has 124 valence electrons. The van der Waals surface area contributed by atoms with E-state index in [0.29, 0.717) is 5.56 Å². The van der Waals surface area contributed by atoms with Crippen LogP contribution >= 0.6 is 0 Å². The number of esters is 1. The molecule has 0 fully saturated rings. The lowest BCUT2D eigenvalue weighted by Crippen LogP contribution is -2.39. The number of rotatable bonds is 3. The fourth-order valence-corrected chi connectivity index (χ4v) is 2.68. The highest BCUT2D eigenvalue weighted by Crippen LogP contribution is 2.41. The standard InChI is InChI=1S/C16H14N2O6/c1-22-16(21)12-11(8-3-2-4-18-6-8)14-13(24-15(12)17)10(20)5-9(7-19)23-14/h2-6,11-12,17,19H,7H2,1H3. The number of nitrogens with one attached hydrogen (secondary N) is 1. The maximum absolute atomic E-state index is 12.2. The Morgan fingerprint density at radius 3 is 2.92 bits per heavy atom. The highest BCUT2D eigenvalue weighted by atomic mass is 16.5. The predicted molar refractivity (Wildman–Crippen MR) is 80.8 cm³/mol. The molecule has 0 aliphatic carbocycles. The Hall–Kier alpha value is -3.00.